The second-order valence-corrected chi connectivity index (χ2v) is 5.70. The van der Waals surface area contributed by atoms with Crippen LogP contribution in [0.2, 0.25) is 0 Å². The number of rotatable bonds is 3. The molecule has 0 aliphatic carbocycles. The molecule has 6 nitrogen and oxygen atoms in total. The molecule has 1 heterocycles. The van der Waals surface area contributed by atoms with Crippen molar-refractivity contribution in [2.75, 3.05) is 13.1 Å². The van der Waals surface area contributed by atoms with E-state index in [2.05, 4.69) is 99.8 Å². The average molecular weight is 423 g/mol. The molecule has 0 saturated carbocycles. The summed E-state index contributed by atoms with van der Waals surface area (Å²) in [6.07, 6.45) is 4.53. The summed E-state index contributed by atoms with van der Waals surface area (Å²) in [6, 6.07) is 8.55. The van der Waals surface area contributed by atoms with E-state index in [9.17, 15) is 0 Å². The Morgan fingerprint density at radius 2 is 1.00 bits per heavy atom. The SMILES string of the molecule is CCN(CC)P1C=Cc2ccccc2C=C1.[C-]#[O+].[C-]#[O+].[C-]#[O+].[C-]#[O+].[C-]#[O+].[Cr]. The number of nitrogens with zero attached hydrogens (tertiary/aromatic N) is 1. The van der Waals surface area contributed by atoms with E-state index in [1.54, 1.807) is 0 Å². The van der Waals surface area contributed by atoms with Crippen LogP contribution in [0.25, 0.3) is 12.2 Å². The van der Waals surface area contributed by atoms with Gasteiger partial charge in [0.25, 0.3) is 0 Å². The largest absolute Gasteiger partial charge is 0 e. The van der Waals surface area contributed by atoms with Crippen molar-refractivity contribution in [2.24, 2.45) is 0 Å². The summed E-state index contributed by atoms with van der Waals surface area (Å²) in [5.74, 6) is 4.70. The first-order chi connectivity index (χ1) is 12.8. The quantitative estimate of drug-likeness (QED) is 0.406. The summed E-state index contributed by atoms with van der Waals surface area (Å²) in [5, 5.41) is 0. The van der Waals surface area contributed by atoms with E-state index in [0.717, 1.165) is 13.1 Å². The Bertz CT molecular complexity index is 549. The molecule has 1 aliphatic heterocycles. The van der Waals surface area contributed by atoms with Crippen molar-refractivity contribution in [3.8, 4) is 0 Å². The Hall–Kier alpha value is -1.68. The maximum atomic E-state index is 7.50. The second-order valence-electron chi connectivity index (χ2n) is 3.78. The molecule has 0 atom stereocenters. The van der Waals surface area contributed by atoms with Gasteiger partial charge in [-0.05, 0) is 35.9 Å². The van der Waals surface area contributed by atoms with Gasteiger partial charge in [0.15, 0.2) is 0 Å². The molecule has 0 spiro atoms. The molecule has 0 amide bonds. The van der Waals surface area contributed by atoms with E-state index in [1.165, 1.54) is 11.1 Å². The summed E-state index contributed by atoms with van der Waals surface area (Å²) in [4.78, 5) is 0. The Morgan fingerprint density at radius 1 is 0.704 bits per heavy atom. The van der Waals surface area contributed by atoms with Crippen LogP contribution in [-0.2, 0) is 40.6 Å². The number of benzene rings is 1. The minimum atomic E-state index is -0.236. The molecule has 0 fully saturated rings. The van der Waals surface area contributed by atoms with E-state index in [0.29, 0.717) is 0 Å². The van der Waals surface area contributed by atoms with Gasteiger partial charge in [-0.3, -0.25) is 4.67 Å². The molecule has 2 rings (SSSR count). The molecule has 0 bridgehead atoms. The molecule has 0 saturated heterocycles. The van der Waals surface area contributed by atoms with E-state index in [4.69, 9.17) is 23.3 Å². The van der Waals surface area contributed by atoms with Gasteiger partial charge in [-0.25, -0.2) is 0 Å². The summed E-state index contributed by atoms with van der Waals surface area (Å²) in [7, 11) is -0.236. The molecule has 140 valence electrons. The molecule has 1 aromatic carbocycles. The van der Waals surface area contributed by atoms with Gasteiger partial charge in [0, 0.05) is 25.4 Å². The molecule has 0 N–H and O–H groups in total. The Morgan fingerprint density at radius 3 is 1.26 bits per heavy atom. The van der Waals surface area contributed by atoms with E-state index < -0.39 is 0 Å². The molecule has 1 aromatic rings. The van der Waals surface area contributed by atoms with Crippen LogP contribution in [0.5, 0.6) is 0 Å². The van der Waals surface area contributed by atoms with E-state index in [1.807, 2.05) is 0 Å². The van der Waals surface area contributed by atoms with Crippen LogP contribution in [-0.4, -0.2) is 17.8 Å². The summed E-state index contributed by atoms with van der Waals surface area (Å²) in [5.41, 5.74) is 2.66. The molecule has 27 heavy (non-hydrogen) atoms. The van der Waals surface area contributed by atoms with Gasteiger partial charge in [-0.1, -0.05) is 50.3 Å². The topological polar surface area (TPSA) is 103 Å². The predicted molar refractivity (Wildman–Crippen MR) is 94.0 cm³/mol. The van der Waals surface area contributed by atoms with Crippen molar-refractivity contribution in [1.82, 2.24) is 4.67 Å². The monoisotopic (exact) mass is 423 g/mol. The van der Waals surface area contributed by atoms with Crippen molar-refractivity contribution in [2.45, 2.75) is 13.8 Å². The van der Waals surface area contributed by atoms with Gasteiger partial charge < -0.3 is 0 Å². The summed E-state index contributed by atoms with van der Waals surface area (Å²) >= 11 is 0. The average Bonchev–Trinajstić information content (AvgIpc) is 2.99. The van der Waals surface area contributed by atoms with E-state index >= 15 is 0 Å². The van der Waals surface area contributed by atoms with Gasteiger partial charge in [0.2, 0.25) is 0 Å². The Labute approximate surface area is 172 Å². The molecular weight excluding hydrogens is 405 g/mol. The zero-order valence-electron chi connectivity index (χ0n) is 14.9. The molecule has 0 unspecified atom stereocenters. The first kappa shape index (κ1) is 36.3. The van der Waals surface area contributed by atoms with Crippen LogP contribution in [0, 0.1) is 33.3 Å². The van der Waals surface area contributed by atoms with Gasteiger partial charge in [0.1, 0.15) is 0 Å². The maximum absolute atomic E-state index is 7.50. The van der Waals surface area contributed by atoms with Crippen molar-refractivity contribution in [3.63, 3.8) is 0 Å². The first-order valence-electron chi connectivity index (χ1n) is 6.86. The van der Waals surface area contributed by atoms with Crippen molar-refractivity contribution in [3.05, 3.63) is 80.3 Å². The zero-order valence-corrected chi connectivity index (χ0v) is 17.0. The van der Waals surface area contributed by atoms with Crippen LogP contribution in [0.3, 0.4) is 0 Å². The standard InChI is InChI=1S/C14H18NP.5CO.Cr/c1-3-15(4-2)16-11-9-13-7-5-6-8-14(13)10-12-16;5*1-2;/h5-12H,3-4H2,1-2H3;;;;;;. The number of fused-ring (bicyclic) bond motifs is 1. The second kappa shape index (κ2) is 32.0. The minimum absolute atomic E-state index is 0. The van der Waals surface area contributed by atoms with Crippen molar-refractivity contribution in [1.29, 1.82) is 0 Å². The van der Waals surface area contributed by atoms with Crippen molar-refractivity contribution >= 4 is 20.2 Å². The van der Waals surface area contributed by atoms with Gasteiger partial charge in [-0.2, -0.15) is 0 Å². The summed E-state index contributed by atoms with van der Waals surface area (Å²) < 4.78 is 40.0. The minimum Gasteiger partial charge on any atom is 0 e. The van der Waals surface area contributed by atoms with Crippen molar-refractivity contribution < 1.29 is 40.6 Å². The fourth-order valence-corrected chi connectivity index (χ4v) is 3.67. The third-order valence-electron chi connectivity index (χ3n) is 2.87. The predicted octanol–water partition coefficient (Wildman–Crippen LogP) is 4.19. The molecule has 0 aromatic heterocycles. The Balaban J connectivity index is -0.000000128. The van der Waals surface area contributed by atoms with Crippen LogP contribution in [0.15, 0.2) is 35.9 Å². The van der Waals surface area contributed by atoms with E-state index in [-0.39, 0.29) is 25.4 Å². The van der Waals surface area contributed by atoms with Gasteiger partial charge in [0.05, 0.1) is 0 Å². The van der Waals surface area contributed by atoms with Crippen LogP contribution in [0.1, 0.15) is 25.0 Å². The van der Waals surface area contributed by atoms with Gasteiger partial charge in [-0.15, -0.1) is 0 Å². The molecule has 1 aliphatic rings. The smallest absolute Gasteiger partial charge is 0 e. The fourth-order valence-electron chi connectivity index (χ4n) is 1.92. The van der Waals surface area contributed by atoms with Gasteiger partial charge >= 0.3 is 56.5 Å². The number of hydrogen-bond donors (Lipinski definition) is 0. The molecule has 8 heteroatoms. The third-order valence-corrected chi connectivity index (χ3v) is 4.99. The molecular formula is C19H18CrNO5P. The number of hydrogen-bond acceptors (Lipinski definition) is 1. The summed E-state index contributed by atoms with van der Waals surface area (Å²) in [6.45, 7) is 29.2. The Kier molecular flexibility index (Phi) is 43.0. The maximum Gasteiger partial charge on any atom is 0 e. The molecule has 0 radical (unpaired) electrons. The van der Waals surface area contributed by atoms with Crippen LogP contribution < -0.4 is 0 Å². The first-order valence-corrected chi connectivity index (χ1v) is 8.29. The fraction of sp³-hybridized carbons (Fsp3) is 0.211. The normalized spacial score (nSPS) is 9.37. The van der Waals surface area contributed by atoms with Crippen LogP contribution in [0.4, 0.5) is 0 Å². The third kappa shape index (κ3) is 16.2. The zero-order chi connectivity index (χ0) is 21.4. The van der Waals surface area contributed by atoms with Crippen LogP contribution >= 0.6 is 8.07 Å².